The molecular weight excluding hydrogens is 280 g/mol. The van der Waals surface area contributed by atoms with E-state index in [0.29, 0.717) is 16.8 Å². The lowest BCUT2D eigenvalue weighted by atomic mass is 10.0. The molecule has 0 spiro atoms. The van der Waals surface area contributed by atoms with E-state index in [-0.39, 0.29) is 5.82 Å². The van der Waals surface area contributed by atoms with E-state index in [9.17, 15) is 8.78 Å². The highest BCUT2D eigenvalue weighted by Gasteiger charge is 2.18. The lowest BCUT2D eigenvalue weighted by molar-refractivity contribution is 0.584. The summed E-state index contributed by atoms with van der Waals surface area (Å²) in [5.74, 6) is -1.07. The van der Waals surface area contributed by atoms with Gasteiger partial charge in [0.15, 0.2) is 5.82 Å². The molecule has 1 aromatic carbocycles. The molecule has 0 aliphatic rings. The molecule has 2 heterocycles. The zero-order valence-electron chi connectivity index (χ0n) is 10.6. The second-order valence-corrected chi connectivity index (χ2v) is 5.37. The summed E-state index contributed by atoms with van der Waals surface area (Å²) < 4.78 is 26.8. The van der Waals surface area contributed by atoms with Crippen molar-refractivity contribution in [2.45, 2.75) is 6.92 Å². The van der Waals surface area contributed by atoms with Crippen molar-refractivity contribution in [1.82, 2.24) is 10.2 Å². The number of thiophene rings is 1. The van der Waals surface area contributed by atoms with Crippen LogP contribution in [0.15, 0.2) is 29.6 Å². The molecular formula is C14H11F2N3S. The Morgan fingerprint density at radius 1 is 1.20 bits per heavy atom. The van der Waals surface area contributed by atoms with Crippen LogP contribution in [0.5, 0.6) is 0 Å². The van der Waals surface area contributed by atoms with Crippen LogP contribution in [0.3, 0.4) is 0 Å². The summed E-state index contributed by atoms with van der Waals surface area (Å²) in [7, 11) is 0. The predicted octanol–water partition coefficient (Wildman–Crippen LogP) is 3.97. The van der Waals surface area contributed by atoms with Gasteiger partial charge in [-0.15, -0.1) is 11.3 Å². The monoisotopic (exact) mass is 291 g/mol. The molecule has 3 nitrogen and oxygen atoms in total. The number of H-pyrrole nitrogens is 1. The van der Waals surface area contributed by atoms with Gasteiger partial charge in [-0.2, -0.15) is 5.10 Å². The highest BCUT2D eigenvalue weighted by atomic mass is 32.1. The number of hydrogen-bond donors (Lipinski definition) is 2. The van der Waals surface area contributed by atoms with E-state index >= 15 is 0 Å². The number of hydrogen-bond acceptors (Lipinski definition) is 3. The molecule has 0 aliphatic heterocycles. The first kappa shape index (κ1) is 12.8. The number of anilines is 1. The molecule has 0 saturated carbocycles. The van der Waals surface area contributed by atoms with Crippen LogP contribution in [0, 0.1) is 18.6 Å². The number of rotatable bonds is 2. The Bertz CT molecular complexity index is 756. The minimum Gasteiger partial charge on any atom is -0.382 e. The van der Waals surface area contributed by atoms with Gasteiger partial charge in [0.05, 0.1) is 16.1 Å². The maximum Gasteiger partial charge on any atom is 0.153 e. The van der Waals surface area contributed by atoms with Crippen LogP contribution in [0.4, 0.5) is 14.6 Å². The topological polar surface area (TPSA) is 54.7 Å². The number of halogens is 2. The van der Waals surface area contributed by atoms with Gasteiger partial charge in [-0.05, 0) is 41.6 Å². The fourth-order valence-corrected chi connectivity index (χ4v) is 3.07. The first-order chi connectivity index (χ1) is 9.56. The summed E-state index contributed by atoms with van der Waals surface area (Å²) >= 11 is 1.52. The molecule has 102 valence electrons. The SMILES string of the molecule is Cc1ccsc1-c1[nH]nc(N)c1-c1cc(F)cc(F)c1. The lowest BCUT2D eigenvalue weighted by Crippen LogP contribution is -1.91. The van der Waals surface area contributed by atoms with Gasteiger partial charge in [-0.25, -0.2) is 8.78 Å². The largest absolute Gasteiger partial charge is 0.382 e. The summed E-state index contributed by atoms with van der Waals surface area (Å²) in [6, 6.07) is 5.29. The summed E-state index contributed by atoms with van der Waals surface area (Å²) in [6.45, 7) is 1.96. The first-order valence-electron chi connectivity index (χ1n) is 5.91. The highest BCUT2D eigenvalue weighted by Crippen LogP contribution is 2.38. The van der Waals surface area contributed by atoms with Crippen LogP contribution in [0.1, 0.15) is 5.56 Å². The third-order valence-corrected chi connectivity index (χ3v) is 4.07. The van der Waals surface area contributed by atoms with Gasteiger partial charge < -0.3 is 5.73 Å². The quantitative estimate of drug-likeness (QED) is 0.750. The Kier molecular flexibility index (Phi) is 3.02. The second-order valence-electron chi connectivity index (χ2n) is 4.45. The number of aromatic nitrogens is 2. The van der Waals surface area contributed by atoms with E-state index in [0.717, 1.165) is 16.5 Å². The van der Waals surface area contributed by atoms with Crippen LogP contribution < -0.4 is 5.73 Å². The maximum absolute atomic E-state index is 13.4. The van der Waals surface area contributed by atoms with Crippen LogP contribution in [-0.2, 0) is 0 Å². The molecule has 3 rings (SSSR count). The van der Waals surface area contributed by atoms with Crippen molar-refractivity contribution < 1.29 is 8.78 Å². The normalized spacial score (nSPS) is 10.9. The van der Waals surface area contributed by atoms with Crippen molar-refractivity contribution in [1.29, 1.82) is 0 Å². The Morgan fingerprint density at radius 3 is 2.50 bits per heavy atom. The van der Waals surface area contributed by atoms with Crippen molar-refractivity contribution in [3.8, 4) is 21.7 Å². The van der Waals surface area contributed by atoms with Crippen molar-refractivity contribution in [3.05, 3.63) is 46.8 Å². The van der Waals surface area contributed by atoms with Gasteiger partial charge in [-0.1, -0.05) is 0 Å². The van der Waals surface area contributed by atoms with Crippen molar-refractivity contribution in [2.75, 3.05) is 5.73 Å². The Labute approximate surface area is 118 Å². The van der Waals surface area contributed by atoms with E-state index < -0.39 is 11.6 Å². The summed E-state index contributed by atoms with van der Waals surface area (Å²) in [6.07, 6.45) is 0. The molecule has 0 saturated heterocycles. The second kappa shape index (κ2) is 4.72. The van der Waals surface area contributed by atoms with Gasteiger partial charge in [-0.3, -0.25) is 5.10 Å². The number of nitrogens with zero attached hydrogens (tertiary/aromatic N) is 1. The average molecular weight is 291 g/mol. The number of aryl methyl sites for hydroxylation is 1. The third kappa shape index (κ3) is 2.08. The fourth-order valence-electron chi connectivity index (χ4n) is 2.14. The van der Waals surface area contributed by atoms with E-state index in [4.69, 9.17) is 5.73 Å². The lowest BCUT2D eigenvalue weighted by Gasteiger charge is -2.05. The number of benzene rings is 1. The first-order valence-corrected chi connectivity index (χ1v) is 6.79. The van der Waals surface area contributed by atoms with Crippen molar-refractivity contribution >= 4 is 17.2 Å². The van der Waals surface area contributed by atoms with E-state index in [2.05, 4.69) is 10.2 Å². The molecule has 20 heavy (non-hydrogen) atoms. The molecule has 0 atom stereocenters. The molecule has 3 aromatic rings. The fraction of sp³-hybridized carbons (Fsp3) is 0.0714. The van der Waals surface area contributed by atoms with Crippen molar-refractivity contribution in [3.63, 3.8) is 0 Å². The maximum atomic E-state index is 13.4. The third-order valence-electron chi connectivity index (χ3n) is 3.03. The standard InChI is InChI=1S/C14H11F2N3S/c1-7-2-3-20-13(7)12-11(14(17)19-18-12)8-4-9(15)6-10(16)5-8/h2-6H,1H3,(H3,17,18,19). The van der Waals surface area contributed by atoms with E-state index in [1.165, 1.54) is 23.5 Å². The summed E-state index contributed by atoms with van der Waals surface area (Å²) in [5, 5.41) is 8.75. The van der Waals surface area contributed by atoms with Gasteiger partial charge in [0.2, 0.25) is 0 Å². The molecule has 3 N–H and O–H groups in total. The van der Waals surface area contributed by atoms with Gasteiger partial charge in [0, 0.05) is 6.07 Å². The smallest absolute Gasteiger partial charge is 0.153 e. The highest BCUT2D eigenvalue weighted by molar-refractivity contribution is 7.13. The minimum absolute atomic E-state index is 0.220. The molecule has 0 amide bonds. The molecule has 0 unspecified atom stereocenters. The zero-order valence-corrected chi connectivity index (χ0v) is 11.4. The number of aromatic amines is 1. The van der Waals surface area contributed by atoms with Gasteiger partial charge in [0.25, 0.3) is 0 Å². The minimum atomic E-state index is -0.644. The molecule has 0 fully saturated rings. The van der Waals surface area contributed by atoms with Crippen LogP contribution >= 0.6 is 11.3 Å². The van der Waals surface area contributed by atoms with Gasteiger partial charge >= 0.3 is 0 Å². The molecule has 0 radical (unpaired) electrons. The number of nitrogen functional groups attached to an aromatic ring is 1. The van der Waals surface area contributed by atoms with Crippen molar-refractivity contribution in [2.24, 2.45) is 0 Å². The summed E-state index contributed by atoms with van der Waals surface area (Å²) in [5.41, 5.74) is 8.47. The Hall–Kier alpha value is -2.21. The van der Waals surface area contributed by atoms with Crippen LogP contribution in [0.25, 0.3) is 21.7 Å². The predicted molar refractivity (Wildman–Crippen MR) is 76.4 cm³/mol. The molecule has 2 aromatic heterocycles. The summed E-state index contributed by atoms with van der Waals surface area (Å²) in [4.78, 5) is 0.953. The Morgan fingerprint density at radius 2 is 1.90 bits per heavy atom. The van der Waals surface area contributed by atoms with E-state index in [1.54, 1.807) is 0 Å². The number of nitrogens with two attached hydrogens (primary N) is 1. The molecule has 0 bridgehead atoms. The van der Waals surface area contributed by atoms with E-state index in [1.807, 2.05) is 18.4 Å². The number of nitrogens with one attached hydrogen (secondary N) is 1. The molecule has 0 aliphatic carbocycles. The molecule has 6 heteroatoms. The zero-order chi connectivity index (χ0) is 14.3. The van der Waals surface area contributed by atoms with Crippen LogP contribution in [0.2, 0.25) is 0 Å². The average Bonchev–Trinajstić information content (AvgIpc) is 2.93. The van der Waals surface area contributed by atoms with Gasteiger partial charge in [0.1, 0.15) is 11.6 Å². The Balaban J connectivity index is 2.24. The van der Waals surface area contributed by atoms with Crippen LogP contribution in [-0.4, -0.2) is 10.2 Å².